The molecule has 0 spiro atoms. The number of aromatic carboxylic acids is 1. The summed E-state index contributed by atoms with van der Waals surface area (Å²) in [5, 5.41) is 17.3. The zero-order chi connectivity index (χ0) is 15.8. The van der Waals surface area contributed by atoms with Gasteiger partial charge in [-0.15, -0.1) is 5.10 Å². The number of hydrogen-bond donors (Lipinski definition) is 1. The predicted molar refractivity (Wildman–Crippen MR) is 84.1 cm³/mol. The minimum Gasteiger partial charge on any atom is -0.476 e. The average Bonchev–Trinajstić information content (AvgIpc) is 2.83. The van der Waals surface area contributed by atoms with Crippen LogP contribution in [-0.4, -0.2) is 26.1 Å². The molecule has 1 heterocycles. The zero-order valence-corrected chi connectivity index (χ0v) is 14.1. The number of rotatable bonds is 3. The number of carbonyl (C=O) groups is 1. The van der Waals surface area contributed by atoms with Gasteiger partial charge < -0.3 is 5.11 Å². The van der Waals surface area contributed by atoms with E-state index in [1.165, 1.54) is 0 Å². The Balaban J connectivity index is 2.73. The molecule has 112 valence electrons. The van der Waals surface area contributed by atoms with Crippen LogP contribution in [0.4, 0.5) is 0 Å². The third kappa shape index (κ3) is 3.00. The van der Waals surface area contributed by atoms with Gasteiger partial charge in [0.25, 0.3) is 0 Å². The maximum absolute atomic E-state index is 11.4. The van der Waals surface area contributed by atoms with Gasteiger partial charge >= 0.3 is 5.97 Å². The van der Waals surface area contributed by atoms with E-state index in [4.69, 9.17) is 0 Å². The second-order valence-corrected chi connectivity index (χ2v) is 6.80. The molecule has 0 fully saturated rings. The van der Waals surface area contributed by atoms with Crippen LogP contribution >= 0.6 is 15.9 Å². The molecule has 0 radical (unpaired) electrons. The van der Waals surface area contributed by atoms with Crippen LogP contribution in [-0.2, 0) is 11.8 Å². The number of aromatic nitrogens is 3. The molecule has 21 heavy (non-hydrogen) atoms. The fourth-order valence-corrected chi connectivity index (χ4v) is 2.72. The van der Waals surface area contributed by atoms with Gasteiger partial charge in [-0.2, -0.15) is 0 Å². The van der Waals surface area contributed by atoms with Crippen molar-refractivity contribution in [3.63, 3.8) is 0 Å². The van der Waals surface area contributed by atoms with Crippen molar-refractivity contribution < 1.29 is 9.90 Å². The molecule has 0 saturated heterocycles. The summed E-state index contributed by atoms with van der Waals surface area (Å²) in [5.74, 6) is -1.05. The minimum absolute atomic E-state index is 0.00692. The Kier molecular flexibility index (Phi) is 4.18. The van der Waals surface area contributed by atoms with E-state index in [9.17, 15) is 9.90 Å². The Hall–Kier alpha value is -1.69. The topological polar surface area (TPSA) is 68.0 Å². The van der Waals surface area contributed by atoms with Crippen LogP contribution in [0.15, 0.2) is 22.7 Å². The van der Waals surface area contributed by atoms with Gasteiger partial charge in [0.15, 0.2) is 5.69 Å². The Bertz CT molecular complexity index is 687. The quantitative estimate of drug-likeness (QED) is 0.917. The normalized spacial score (nSPS) is 11.7. The summed E-state index contributed by atoms with van der Waals surface area (Å²) in [6.45, 7) is 7.92. The summed E-state index contributed by atoms with van der Waals surface area (Å²) >= 11 is 3.46. The average molecular weight is 352 g/mol. The maximum atomic E-state index is 11.4. The minimum atomic E-state index is -1.05. The molecule has 1 N–H and O–H groups in total. The van der Waals surface area contributed by atoms with Crippen molar-refractivity contribution in [2.45, 2.75) is 39.5 Å². The molecule has 2 rings (SSSR count). The molecule has 1 aromatic heterocycles. The van der Waals surface area contributed by atoms with E-state index in [2.05, 4.69) is 33.2 Å². The van der Waals surface area contributed by atoms with Crippen molar-refractivity contribution in [2.24, 2.45) is 0 Å². The molecule has 1 aromatic carbocycles. The van der Waals surface area contributed by atoms with Crippen LogP contribution in [0.3, 0.4) is 0 Å². The number of aryl methyl sites for hydroxylation is 1. The van der Waals surface area contributed by atoms with E-state index in [1.807, 2.05) is 39.0 Å². The van der Waals surface area contributed by atoms with Gasteiger partial charge in [0.1, 0.15) is 0 Å². The van der Waals surface area contributed by atoms with Crippen LogP contribution in [0.2, 0.25) is 0 Å². The SMILES string of the molecule is CCc1cc(Br)ccc1-n1nnc(C(=O)O)c1C(C)(C)C. The zero-order valence-electron chi connectivity index (χ0n) is 12.5. The van der Waals surface area contributed by atoms with E-state index in [0.29, 0.717) is 5.69 Å². The highest BCUT2D eigenvalue weighted by atomic mass is 79.9. The molecule has 0 aliphatic rings. The van der Waals surface area contributed by atoms with Crippen LogP contribution in [0.1, 0.15) is 49.4 Å². The first kappa shape index (κ1) is 15.7. The summed E-state index contributed by atoms with van der Waals surface area (Å²) in [7, 11) is 0. The van der Waals surface area contributed by atoms with Gasteiger partial charge in [-0.1, -0.05) is 48.8 Å². The van der Waals surface area contributed by atoms with Crippen molar-refractivity contribution in [1.29, 1.82) is 0 Å². The smallest absolute Gasteiger partial charge is 0.358 e. The first-order valence-corrected chi connectivity index (χ1v) is 7.53. The standard InChI is InChI=1S/C15H18BrN3O2/c1-5-9-8-10(16)6-7-11(9)19-13(15(2,3)4)12(14(20)21)17-18-19/h6-8H,5H2,1-4H3,(H,20,21). The van der Waals surface area contributed by atoms with Crippen LogP contribution in [0, 0.1) is 0 Å². The summed E-state index contributed by atoms with van der Waals surface area (Å²) in [6.07, 6.45) is 0.820. The molecule has 2 aromatic rings. The van der Waals surface area contributed by atoms with Crippen LogP contribution < -0.4 is 0 Å². The molecule has 0 saturated carbocycles. The molecule has 0 bridgehead atoms. The summed E-state index contributed by atoms with van der Waals surface area (Å²) < 4.78 is 2.63. The van der Waals surface area contributed by atoms with Crippen LogP contribution in [0.5, 0.6) is 0 Å². The highest BCUT2D eigenvalue weighted by Gasteiger charge is 2.30. The number of benzene rings is 1. The second-order valence-electron chi connectivity index (χ2n) is 5.88. The van der Waals surface area contributed by atoms with Crippen molar-refractivity contribution in [3.8, 4) is 5.69 Å². The second kappa shape index (κ2) is 5.60. The Morgan fingerprint density at radius 3 is 2.57 bits per heavy atom. The van der Waals surface area contributed by atoms with E-state index < -0.39 is 5.97 Å². The molecule has 6 heteroatoms. The van der Waals surface area contributed by atoms with E-state index in [-0.39, 0.29) is 11.1 Å². The number of hydrogen-bond acceptors (Lipinski definition) is 3. The molecule has 5 nitrogen and oxygen atoms in total. The van der Waals surface area contributed by atoms with Gasteiger partial charge in [0.2, 0.25) is 0 Å². The van der Waals surface area contributed by atoms with Crippen molar-refractivity contribution in [3.05, 3.63) is 39.6 Å². The Labute approximate surface area is 132 Å². The number of halogens is 1. The highest BCUT2D eigenvalue weighted by Crippen LogP contribution is 2.29. The lowest BCUT2D eigenvalue weighted by molar-refractivity contribution is 0.0687. The first-order valence-electron chi connectivity index (χ1n) is 6.74. The summed E-state index contributed by atoms with van der Waals surface area (Å²) in [6, 6.07) is 5.87. The Morgan fingerprint density at radius 1 is 1.38 bits per heavy atom. The first-order chi connectivity index (χ1) is 9.75. The summed E-state index contributed by atoms with van der Waals surface area (Å²) in [5.41, 5.74) is 2.18. The Morgan fingerprint density at radius 2 is 2.05 bits per heavy atom. The van der Waals surface area contributed by atoms with Gasteiger partial charge in [-0.25, -0.2) is 9.48 Å². The molecular weight excluding hydrogens is 334 g/mol. The van der Waals surface area contributed by atoms with Gasteiger partial charge in [0.05, 0.1) is 11.4 Å². The lowest BCUT2D eigenvalue weighted by Gasteiger charge is -2.21. The van der Waals surface area contributed by atoms with E-state index in [0.717, 1.165) is 22.1 Å². The van der Waals surface area contributed by atoms with Crippen molar-refractivity contribution >= 4 is 21.9 Å². The molecule has 0 aliphatic carbocycles. The molecule has 0 atom stereocenters. The maximum Gasteiger partial charge on any atom is 0.358 e. The molecule has 0 aliphatic heterocycles. The van der Waals surface area contributed by atoms with Crippen molar-refractivity contribution in [2.75, 3.05) is 0 Å². The lowest BCUT2D eigenvalue weighted by Crippen LogP contribution is -2.21. The van der Waals surface area contributed by atoms with E-state index >= 15 is 0 Å². The number of nitrogens with zero attached hydrogens (tertiary/aromatic N) is 3. The van der Waals surface area contributed by atoms with E-state index in [1.54, 1.807) is 4.68 Å². The predicted octanol–water partition coefficient (Wildman–Crippen LogP) is 3.59. The van der Waals surface area contributed by atoms with Crippen LogP contribution in [0.25, 0.3) is 5.69 Å². The van der Waals surface area contributed by atoms with Crippen molar-refractivity contribution in [1.82, 2.24) is 15.0 Å². The monoisotopic (exact) mass is 351 g/mol. The van der Waals surface area contributed by atoms with Gasteiger partial charge in [-0.05, 0) is 30.2 Å². The lowest BCUT2D eigenvalue weighted by atomic mass is 9.90. The largest absolute Gasteiger partial charge is 0.476 e. The number of carboxylic acids is 1. The number of carboxylic acid groups (broad SMARTS) is 1. The fourth-order valence-electron chi connectivity index (χ4n) is 2.31. The van der Waals surface area contributed by atoms with Gasteiger partial charge in [-0.3, -0.25) is 0 Å². The van der Waals surface area contributed by atoms with Gasteiger partial charge in [0, 0.05) is 9.89 Å². The molecular formula is C15H18BrN3O2. The highest BCUT2D eigenvalue weighted by molar-refractivity contribution is 9.10. The fraction of sp³-hybridized carbons (Fsp3) is 0.400. The molecule has 0 unspecified atom stereocenters. The third-order valence-corrected chi connectivity index (χ3v) is 3.73. The third-order valence-electron chi connectivity index (χ3n) is 3.23. The summed E-state index contributed by atoms with van der Waals surface area (Å²) in [4.78, 5) is 11.4. The molecule has 0 amide bonds.